The van der Waals surface area contributed by atoms with E-state index in [4.69, 9.17) is 10.3 Å². The van der Waals surface area contributed by atoms with Crippen molar-refractivity contribution in [3.8, 4) is 0 Å². The van der Waals surface area contributed by atoms with Crippen molar-refractivity contribution in [2.45, 2.75) is 32.4 Å². The maximum Gasteiger partial charge on any atom is 0.0662 e. The molecule has 1 aromatic rings. The van der Waals surface area contributed by atoms with Crippen LogP contribution in [-0.4, -0.2) is 12.7 Å². The summed E-state index contributed by atoms with van der Waals surface area (Å²) in [5.41, 5.74) is 10.3. The van der Waals surface area contributed by atoms with Gasteiger partial charge in [-0.25, -0.2) is 0 Å². The molecule has 0 fully saturated rings. The van der Waals surface area contributed by atoms with Crippen LogP contribution in [-0.2, 0) is 17.7 Å². The average molecular weight is 219 g/mol. The smallest absolute Gasteiger partial charge is 0.0662 e. The number of methoxy groups -OCH3 is 1. The van der Waals surface area contributed by atoms with Gasteiger partial charge in [0.1, 0.15) is 0 Å². The molecule has 0 aliphatic rings. The van der Waals surface area contributed by atoms with Crippen molar-refractivity contribution >= 4 is 0 Å². The van der Waals surface area contributed by atoms with Gasteiger partial charge in [-0.2, -0.15) is 0 Å². The predicted molar refractivity (Wildman–Crippen MR) is 64.1 cm³/mol. The van der Waals surface area contributed by atoms with Crippen molar-refractivity contribution in [1.82, 2.24) is 0 Å². The van der Waals surface area contributed by atoms with Gasteiger partial charge in [0.05, 0.1) is 12.1 Å². The second-order valence-corrected chi connectivity index (χ2v) is 4.35. The number of hydrogen-bond donors (Lipinski definition) is 0. The van der Waals surface area contributed by atoms with E-state index < -0.39 is 0 Å². The summed E-state index contributed by atoms with van der Waals surface area (Å²) in [4.78, 5) is 2.73. The summed E-state index contributed by atoms with van der Waals surface area (Å²) in [5, 5.41) is 3.52. The van der Waals surface area contributed by atoms with Gasteiger partial charge in [0.15, 0.2) is 0 Å². The highest BCUT2D eigenvalue weighted by Gasteiger charge is 2.16. The highest BCUT2D eigenvalue weighted by molar-refractivity contribution is 5.23. The first-order chi connectivity index (χ1) is 7.57. The Kier molecular flexibility index (Phi) is 4.35. The summed E-state index contributed by atoms with van der Waals surface area (Å²) < 4.78 is 5.37. The molecule has 0 saturated carbocycles. The summed E-state index contributed by atoms with van der Waals surface area (Å²) in [6.45, 7) is 4.52. The van der Waals surface area contributed by atoms with Crippen LogP contribution >= 0.6 is 0 Å². The molecular weight excluding hydrogens is 202 g/mol. The minimum Gasteiger partial charge on any atom is -0.378 e. The van der Waals surface area contributed by atoms with E-state index in [1.807, 2.05) is 24.3 Å². The van der Waals surface area contributed by atoms with Gasteiger partial charge >= 0.3 is 0 Å². The van der Waals surface area contributed by atoms with Crippen molar-refractivity contribution in [1.29, 1.82) is 0 Å². The Morgan fingerprint density at radius 2 is 1.81 bits per heavy atom. The molecule has 1 rings (SSSR count). The fourth-order valence-corrected chi connectivity index (χ4v) is 1.44. The Morgan fingerprint density at radius 1 is 1.25 bits per heavy atom. The minimum absolute atomic E-state index is 0.147. The summed E-state index contributed by atoms with van der Waals surface area (Å²) in [6.07, 6.45) is 0.866. The van der Waals surface area contributed by atoms with E-state index in [-0.39, 0.29) is 5.60 Å². The van der Waals surface area contributed by atoms with E-state index in [9.17, 15) is 0 Å². The second-order valence-electron chi connectivity index (χ2n) is 4.35. The Hall–Kier alpha value is -1.51. The monoisotopic (exact) mass is 219 g/mol. The lowest BCUT2D eigenvalue weighted by atomic mass is 9.97. The quantitative estimate of drug-likeness (QED) is 0.425. The van der Waals surface area contributed by atoms with E-state index in [0.29, 0.717) is 6.54 Å². The lowest BCUT2D eigenvalue weighted by molar-refractivity contribution is 0.0232. The Balaban J connectivity index is 2.68. The van der Waals surface area contributed by atoms with E-state index in [2.05, 4.69) is 23.9 Å². The molecular formula is C12H17N3O. The first kappa shape index (κ1) is 12.6. The standard InChI is InChI=1S/C12H17N3O/c1-12(2,16-3)8-10-4-6-11(7-5-10)9-14-15-13/h4-7H,8-9H2,1-3H3. The third kappa shape index (κ3) is 3.93. The minimum atomic E-state index is -0.147. The molecule has 4 heteroatoms. The molecule has 1 aromatic carbocycles. The molecule has 0 bridgehead atoms. The summed E-state index contributed by atoms with van der Waals surface area (Å²) >= 11 is 0. The second kappa shape index (κ2) is 5.54. The van der Waals surface area contributed by atoms with E-state index in [1.54, 1.807) is 7.11 Å². The molecule has 0 atom stereocenters. The van der Waals surface area contributed by atoms with Crippen LogP contribution in [0.15, 0.2) is 29.4 Å². The van der Waals surface area contributed by atoms with Crippen molar-refractivity contribution in [2.75, 3.05) is 7.11 Å². The third-order valence-electron chi connectivity index (χ3n) is 2.52. The van der Waals surface area contributed by atoms with E-state index in [1.165, 1.54) is 5.56 Å². The zero-order valence-electron chi connectivity index (χ0n) is 9.97. The maximum atomic E-state index is 8.21. The predicted octanol–water partition coefficient (Wildman–Crippen LogP) is 3.46. The first-order valence-corrected chi connectivity index (χ1v) is 5.21. The van der Waals surface area contributed by atoms with Gasteiger partial charge in [-0.15, -0.1) is 0 Å². The van der Waals surface area contributed by atoms with Crippen molar-refractivity contribution in [3.05, 3.63) is 45.8 Å². The van der Waals surface area contributed by atoms with Crippen LogP contribution in [0.25, 0.3) is 10.4 Å². The number of ether oxygens (including phenoxy) is 1. The summed E-state index contributed by atoms with van der Waals surface area (Å²) in [5.74, 6) is 0. The Morgan fingerprint density at radius 3 is 2.31 bits per heavy atom. The molecule has 0 amide bonds. The maximum absolute atomic E-state index is 8.21. The molecule has 0 aliphatic carbocycles. The summed E-state index contributed by atoms with van der Waals surface area (Å²) in [6, 6.07) is 8.05. The molecule has 0 saturated heterocycles. The number of benzene rings is 1. The highest BCUT2D eigenvalue weighted by atomic mass is 16.5. The van der Waals surface area contributed by atoms with Gasteiger partial charge in [-0.05, 0) is 30.5 Å². The largest absolute Gasteiger partial charge is 0.378 e. The highest BCUT2D eigenvalue weighted by Crippen LogP contribution is 2.16. The number of hydrogen-bond acceptors (Lipinski definition) is 2. The van der Waals surface area contributed by atoms with Crippen LogP contribution in [0.4, 0.5) is 0 Å². The third-order valence-corrected chi connectivity index (χ3v) is 2.52. The van der Waals surface area contributed by atoms with Crippen LogP contribution in [0.2, 0.25) is 0 Å². The van der Waals surface area contributed by atoms with Gasteiger partial charge < -0.3 is 4.74 Å². The fourth-order valence-electron chi connectivity index (χ4n) is 1.44. The molecule has 86 valence electrons. The van der Waals surface area contributed by atoms with Crippen LogP contribution in [0.3, 0.4) is 0 Å². The van der Waals surface area contributed by atoms with E-state index in [0.717, 1.165) is 12.0 Å². The number of azide groups is 1. The Labute approximate surface area is 95.9 Å². The van der Waals surface area contributed by atoms with Gasteiger partial charge in [0, 0.05) is 18.4 Å². The van der Waals surface area contributed by atoms with Crippen molar-refractivity contribution < 1.29 is 4.74 Å². The van der Waals surface area contributed by atoms with Crippen LogP contribution in [0.1, 0.15) is 25.0 Å². The lowest BCUT2D eigenvalue weighted by Gasteiger charge is -2.22. The number of rotatable bonds is 5. The van der Waals surface area contributed by atoms with Gasteiger partial charge in [0.2, 0.25) is 0 Å². The van der Waals surface area contributed by atoms with Crippen LogP contribution in [0.5, 0.6) is 0 Å². The van der Waals surface area contributed by atoms with Gasteiger partial charge in [-0.1, -0.05) is 29.4 Å². The summed E-state index contributed by atoms with van der Waals surface area (Å²) in [7, 11) is 1.72. The topological polar surface area (TPSA) is 58.0 Å². The molecule has 4 nitrogen and oxygen atoms in total. The zero-order chi connectivity index (χ0) is 12.0. The first-order valence-electron chi connectivity index (χ1n) is 5.21. The van der Waals surface area contributed by atoms with Gasteiger partial charge in [-0.3, -0.25) is 0 Å². The van der Waals surface area contributed by atoms with E-state index >= 15 is 0 Å². The van der Waals surface area contributed by atoms with Crippen LogP contribution < -0.4 is 0 Å². The SMILES string of the molecule is COC(C)(C)Cc1ccc(CN=[N+]=[N-])cc1. The average Bonchev–Trinajstić information content (AvgIpc) is 2.28. The van der Waals surface area contributed by atoms with Crippen molar-refractivity contribution in [3.63, 3.8) is 0 Å². The molecule has 0 aromatic heterocycles. The molecule has 0 spiro atoms. The zero-order valence-corrected chi connectivity index (χ0v) is 9.97. The fraction of sp³-hybridized carbons (Fsp3) is 0.500. The molecule has 0 N–H and O–H groups in total. The normalized spacial score (nSPS) is 10.9. The Bertz CT molecular complexity index is 378. The van der Waals surface area contributed by atoms with Crippen molar-refractivity contribution in [2.24, 2.45) is 5.11 Å². The number of nitrogens with zero attached hydrogens (tertiary/aromatic N) is 3. The molecule has 0 unspecified atom stereocenters. The van der Waals surface area contributed by atoms with Crippen LogP contribution in [0, 0.1) is 0 Å². The molecule has 0 radical (unpaired) electrons. The molecule has 0 heterocycles. The lowest BCUT2D eigenvalue weighted by Crippen LogP contribution is -2.25. The molecule has 16 heavy (non-hydrogen) atoms. The molecule has 0 aliphatic heterocycles. The van der Waals surface area contributed by atoms with Gasteiger partial charge in [0.25, 0.3) is 0 Å².